The van der Waals surface area contributed by atoms with Crippen molar-refractivity contribution in [3.8, 4) is 0 Å². The summed E-state index contributed by atoms with van der Waals surface area (Å²) in [5, 5.41) is 2.70. The van der Waals surface area contributed by atoms with Crippen molar-refractivity contribution in [3.63, 3.8) is 0 Å². The topological polar surface area (TPSA) is 83.6 Å². The molecule has 1 aliphatic carbocycles. The van der Waals surface area contributed by atoms with Crippen LogP contribution in [0.3, 0.4) is 0 Å². The summed E-state index contributed by atoms with van der Waals surface area (Å²) in [6, 6.07) is 6.74. The van der Waals surface area contributed by atoms with E-state index in [0.717, 1.165) is 12.8 Å². The molecule has 146 valence electrons. The second-order valence-electron chi connectivity index (χ2n) is 7.09. The van der Waals surface area contributed by atoms with Gasteiger partial charge in [-0.1, -0.05) is 37.6 Å². The van der Waals surface area contributed by atoms with Crippen LogP contribution in [0.5, 0.6) is 0 Å². The van der Waals surface area contributed by atoms with Gasteiger partial charge in [0, 0.05) is 40.9 Å². The van der Waals surface area contributed by atoms with Crippen LogP contribution in [0.15, 0.2) is 47.1 Å². The highest BCUT2D eigenvalue weighted by Crippen LogP contribution is 2.28. The fraction of sp³-hybridized carbons (Fsp3) is 0.364. The molecule has 1 heterocycles. The number of nitrogens with zero attached hydrogens (tertiary/aromatic N) is 1. The Morgan fingerprint density at radius 2 is 1.86 bits per heavy atom. The summed E-state index contributed by atoms with van der Waals surface area (Å²) in [6.45, 7) is 4.50. The first kappa shape index (κ1) is 19.7. The van der Waals surface area contributed by atoms with E-state index in [4.69, 9.17) is 0 Å². The number of piperazine rings is 1. The van der Waals surface area contributed by atoms with Gasteiger partial charge in [0.15, 0.2) is 11.6 Å². The maximum atomic E-state index is 13.0. The molecule has 2 amide bonds. The van der Waals surface area contributed by atoms with Gasteiger partial charge in [-0.25, -0.2) is 0 Å². The first-order valence-corrected chi connectivity index (χ1v) is 9.60. The Hall–Kier alpha value is -3.02. The number of carbonyl (C=O) groups is 4. The van der Waals surface area contributed by atoms with Crippen molar-refractivity contribution in [2.75, 3.05) is 19.6 Å². The zero-order valence-electron chi connectivity index (χ0n) is 16.2. The van der Waals surface area contributed by atoms with Crippen molar-refractivity contribution < 1.29 is 19.2 Å². The van der Waals surface area contributed by atoms with E-state index in [2.05, 4.69) is 5.32 Å². The third-order valence-electron chi connectivity index (χ3n) is 5.12. The second-order valence-corrected chi connectivity index (χ2v) is 7.09. The number of amides is 2. The van der Waals surface area contributed by atoms with Crippen LogP contribution in [0, 0.1) is 0 Å². The second kappa shape index (κ2) is 8.33. The number of nitrogens with one attached hydrogen (secondary N) is 1. The number of fused-ring (bicyclic) bond motifs is 1. The molecule has 0 radical (unpaired) electrons. The largest absolute Gasteiger partial charge is 0.353 e. The maximum absolute atomic E-state index is 13.0. The number of ketones is 2. The molecule has 0 aromatic heterocycles. The first-order chi connectivity index (χ1) is 13.4. The third kappa shape index (κ3) is 3.81. The van der Waals surface area contributed by atoms with Crippen molar-refractivity contribution in [2.24, 2.45) is 0 Å². The van der Waals surface area contributed by atoms with Crippen LogP contribution in [0.2, 0.25) is 0 Å². The number of allylic oxidation sites excluding steroid dienone is 3. The van der Waals surface area contributed by atoms with Gasteiger partial charge in [0.25, 0.3) is 0 Å². The number of carbonyl (C=O) groups excluding carboxylic acids is 4. The Bertz CT molecular complexity index is 911. The van der Waals surface area contributed by atoms with E-state index in [1.165, 1.54) is 4.90 Å². The number of benzene rings is 1. The number of rotatable bonds is 5. The fourth-order valence-corrected chi connectivity index (χ4v) is 3.49. The SMILES string of the molecule is CCCC/C(=C\C1=C([3CH3])C(=O)c2ccccc2C1=O)C(=O)N1CCNC(=O)C1. The standard InChI is InChI=1S/C22H24N2O4/c1-3-4-7-15(22(28)24-11-10-23-19(25)13-24)12-18-14(2)20(26)16-8-5-6-9-17(16)21(18)27/h5-6,8-9,12H,3-4,7,10-11,13H2,1-2H3,(H,23,25)/b15-12+/i2-9. The van der Waals surface area contributed by atoms with Crippen LogP contribution < -0.4 is 5.32 Å². The molecule has 0 bridgehead atoms. The monoisotopic (exact) mass is 371 g/mol. The number of hydrogen-bond acceptors (Lipinski definition) is 4. The molecule has 0 atom stereocenters. The van der Waals surface area contributed by atoms with Crippen molar-refractivity contribution in [1.82, 2.24) is 10.2 Å². The molecule has 0 unspecified atom stereocenters. The molecule has 1 saturated heterocycles. The van der Waals surface area contributed by atoms with Crippen LogP contribution in [0.4, 0.5) is 0 Å². The lowest BCUT2D eigenvalue weighted by molar-refractivity contribution is -0.135. The van der Waals surface area contributed by atoms with Crippen LogP contribution >= 0.6 is 0 Å². The summed E-state index contributed by atoms with van der Waals surface area (Å²) in [6.07, 6.45) is 3.73. The van der Waals surface area contributed by atoms with Crippen molar-refractivity contribution >= 4 is 23.4 Å². The van der Waals surface area contributed by atoms with E-state index in [1.807, 2.05) is 6.92 Å². The molecule has 6 heteroatoms. The van der Waals surface area contributed by atoms with Crippen LogP contribution in [-0.4, -0.2) is 47.9 Å². The fourth-order valence-electron chi connectivity index (χ4n) is 3.49. The van der Waals surface area contributed by atoms with Gasteiger partial charge in [-0.3, -0.25) is 19.2 Å². The summed E-state index contributed by atoms with van der Waals surface area (Å²) in [4.78, 5) is 51.9. The molecule has 1 aromatic rings. The molecule has 0 spiro atoms. The Morgan fingerprint density at radius 1 is 1.18 bits per heavy atom. The van der Waals surface area contributed by atoms with Gasteiger partial charge in [-0.15, -0.1) is 0 Å². The van der Waals surface area contributed by atoms with Gasteiger partial charge in [-0.2, -0.15) is 0 Å². The highest BCUT2D eigenvalue weighted by molar-refractivity contribution is 6.28. The molecular formula is C22H24N2O4. The van der Waals surface area contributed by atoms with E-state index in [-0.39, 0.29) is 35.5 Å². The lowest BCUT2D eigenvalue weighted by Gasteiger charge is -2.28. The lowest BCUT2D eigenvalue weighted by Crippen LogP contribution is -2.50. The van der Waals surface area contributed by atoms with Gasteiger partial charge in [0.2, 0.25) is 11.8 Å². The maximum Gasteiger partial charge on any atom is 0.250 e. The predicted molar refractivity (Wildman–Crippen MR) is 105 cm³/mol. The minimum atomic E-state index is -0.247. The lowest BCUT2D eigenvalue weighted by atomic mass is 2.89. The molecule has 1 aliphatic heterocycles. The van der Waals surface area contributed by atoms with Gasteiger partial charge in [0.05, 0.1) is 6.54 Å². The van der Waals surface area contributed by atoms with E-state index < -0.39 is 0 Å². The minimum absolute atomic E-state index is 0.00996. The average Bonchev–Trinajstić information content (AvgIpc) is 2.71. The van der Waals surface area contributed by atoms with E-state index in [0.29, 0.717) is 41.8 Å². The third-order valence-corrected chi connectivity index (χ3v) is 5.12. The van der Waals surface area contributed by atoms with E-state index >= 15 is 0 Å². The zero-order chi connectivity index (χ0) is 20.3. The summed E-state index contributed by atoms with van der Waals surface area (Å²) < 4.78 is 0. The van der Waals surface area contributed by atoms with Gasteiger partial charge < -0.3 is 10.2 Å². The van der Waals surface area contributed by atoms with Crippen molar-refractivity contribution in [3.05, 3.63) is 58.2 Å². The van der Waals surface area contributed by atoms with Crippen LogP contribution in [-0.2, 0) is 9.59 Å². The number of unbranched alkanes of at least 4 members (excludes halogenated alkanes) is 1. The normalized spacial score (nSPS) is 17.6. The average molecular weight is 371 g/mol. The summed E-state index contributed by atoms with van der Waals surface area (Å²) in [5.74, 6) is -0.877. The van der Waals surface area contributed by atoms with Gasteiger partial charge >= 0.3 is 0 Å². The number of Topliss-reactive ketones (excluding diaryl/α,β-unsaturated/α-hetero) is 2. The highest BCUT2D eigenvalue weighted by Gasteiger charge is 2.30. The quantitative estimate of drug-likeness (QED) is 0.806. The van der Waals surface area contributed by atoms with Crippen molar-refractivity contribution in [2.45, 2.75) is 33.1 Å². The van der Waals surface area contributed by atoms with Gasteiger partial charge in [0.1, 0.15) is 0 Å². The molecule has 1 N–H and O–H groups in total. The summed E-state index contributed by atoms with van der Waals surface area (Å²) in [7, 11) is 0. The Kier molecular flexibility index (Phi) is 5.87. The molecule has 2 aliphatic rings. The molecule has 6 nitrogen and oxygen atoms in total. The molecule has 3 rings (SSSR count). The van der Waals surface area contributed by atoms with E-state index in [9.17, 15) is 19.2 Å². The Balaban J connectivity index is 1.99. The molecule has 1 fully saturated rings. The van der Waals surface area contributed by atoms with E-state index in [1.54, 1.807) is 37.3 Å². The van der Waals surface area contributed by atoms with Gasteiger partial charge in [-0.05, 0) is 25.8 Å². The highest BCUT2D eigenvalue weighted by atomic mass is 16.2. The zero-order valence-corrected chi connectivity index (χ0v) is 16.2. The van der Waals surface area contributed by atoms with Crippen LogP contribution in [0.25, 0.3) is 0 Å². The molecule has 28 heavy (non-hydrogen) atoms. The minimum Gasteiger partial charge on any atom is -0.353 e. The Labute approximate surface area is 164 Å². The van der Waals surface area contributed by atoms with Crippen LogP contribution in [0.1, 0.15) is 53.8 Å². The molecule has 1 aromatic carbocycles. The number of hydrogen-bond donors (Lipinski definition) is 1. The molecule has 0 saturated carbocycles. The summed E-state index contributed by atoms with van der Waals surface area (Å²) >= 11 is 0. The summed E-state index contributed by atoms with van der Waals surface area (Å²) in [5.41, 5.74) is 1.85. The van der Waals surface area contributed by atoms with Crippen molar-refractivity contribution in [1.29, 1.82) is 0 Å². The smallest absolute Gasteiger partial charge is 0.250 e. The predicted octanol–water partition coefficient (Wildman–Crippen LogP) is 2.46. The Morgan fingerprint density at radius 3 is 2.50 bits per heavy atom. The first-order valence-electron chi connectivity index (χ1n) is 9.60. The molecular weight excluding hydrogens is 347 g/mol.